The summed E-state index contributed by atoms with van der Waals surface area (Å²) in [5.74, 6) is 0.329. The van der Waals surface area contributed by atoms with Crippen molar-refractivity contribution < 1.29 is 14.2 Å². The first kappa shape index (κ1) is 13.0. The number of aryl methyl sites for hydroxylation is 1. The summed E-state index contributed by atoms with van der Waals surface area (Å²) in [6.07, 6.45) is 1.06. The van der Waals surface area contributed by atoms with Gasteiger partial charge in [0.05, 0.1) is 12.8 Å². The van der Waals surface area contributed by atoms with Gasteiger partial charge in [0.15, 0.2) is 0 Å². The molecular formula is C13H11BrFNO2. The van der Waals surface area contributed by atoms with E-state index in [0.29, 0.717) is 11.3 Å². The molecule has 2 aromatic rings. The molecule has 0 saturated heterocycles. The van der Waals surface area contributed by atoms with Crippen molar-refractivity contribution in [1.29, 1.82) is 0 Å². The number of nitrogens with zero attached hydrogens (tertiary/aromatic N) is 1. The largest absolute Gasteiger partial charge is 0.438 e. The maximum atomic E-state index is 13.0. The lowest BCUT2D eigenvalue weighted by Gasteiger charge is -2.10. The number of aliphatic hydroxyl groups excluding tert-OH is 1. The van der Waals surface area contributed by atoms with E-state index in [2.05, 4.69) is 20.9 Å². The van der Waals surface area contributed by atoms with Crippen molar-refractivity contribution in [3.8, 4) is 11.6 Å². The molecule has 1 aromatic heterocycles. The summed E-state index contributed by atoms with van der Waals surface area (Å²) in [7, 11) is 0. The zero-order valence-electron chi connectivity index (χ0n) is 9.65. The minimum atomic E-state index is -0.501. The molecule has 0 aliphatic rings. The second-order valence-electron chi connectivity index (χ2n) is 3.79. The number of hydrogen-bond donors (Lipinski definition) is 1. The fourth-order valence-corrected chi connectivity index (χ4v) is 1.98. The van der Waals surface area contributed by atoms with E-state index in [9.17, 15) is 4.39 Å². The summed E-state index contributed by atoms with van der Waals surface area (Å²) >= 11 is 3.36. The Hall–Kier alpha value is -1.46. The van der Waals surface area contributed by atoms with Crippen LogP contribution in [0.5, 0.6) is 11.6 Å². The summed E-state index contributed by atoms with van der Waals surface area (Å²) in [5, 5.41) is 9.14. The lowest BCUT2D eigenvalue weighted by Crippen LogP contribution is -1.97. The fraction of sp³-hybridized carbons (Fsp3) is 0.154. The third-order valence-electron chi connectivity index (χ3n) is 2.41. The zero-order chi connectivity index (χ0) is 13.1. The number of aromatic nitrogens is 1. The lowest BCUT2D eigenvalue weighted by molar-refractivity contribution is 0.274. The minimum absolute atomic E-state index is 0.212. The molecule has 0 unspecified atom stereocenters. The highest BCUT2D eigenvalue weighted by Gasteiger charge is 2.09. The van der Waals surface area contributed by atoms with Gasteiger partial charge in [-0.15, -0.1) is 0 Å². The van der Waals surface area contributed by atoms with Gasteiger partial charge in [-0.25, -0.2) is 9.37 Å². The molecule has 0 saturated carbocycles. The second-order valence-corrected chi connectivity index (χ2v) is 4.70. The van der Waals surface area contributed by atoms with Crippen molar-refractivity contribution in [2.24, 2.45) is 0 Å². The third-order valence-corrected chi connectivity index (χ3v) is 2.90. The van der Waals surface area contributed by atoms with Crippen LogP contribution in [0.3, 0.4) is 0 Å². The van der Waals surface area contributed by atoms with Gasteiger partial charge >= 0.3 is 0 Å². The quantitative estimate of drug-likeness (QED) is 0.942. The van der Waals surface area contributed by atoms with Gasteiger partial charge < -0.3 is 9.84 Å². The van der Waals surface area contributed by atoms with E-state index >= 15 is 0 Å². The van der Waals surface area contributed by atoms with E-state index < -0.39 is 5.82 Å². The monoisotopic (exact) mass is 311 g/mol. The predicted octanol–water partition coefficient (Wildman–Crippen LogP) is 3.58. The van der Waals surface area contributed by atoms with Gasteiger partial charge in [0.1, 0.15) is 11.6 Å². The topological polar surface area (TPSA) is 42.4 Å². The molecule has 94 valence electrons. The summed E-state index contributed by atoms with van der Waals surface area (Å²) in [5.41, 5.74) is 1.23. The Kier molecular flexibility index (Phi) is 3.93. The van der Waals surface area contributed by atoms with Crippen LogP contribution in [-0.4, -0.2) is 10.1 Å². The van der Waals surface area contributed by atoms with Crippen LogP contribution in [0.4, 0.5) is 4.39 Å². The van der Waals surface area contributed by atoms with Crippen LogP contribution >= 0.6 is 15.9 Å². The van der Waals surface area contributed by atoms with Gasteiger partial charge in [-0.3, -0.25) is 0 Å². The van der Waals surface area contributed by atoms with Crippen molar-refractivity contribution in [3.05, 3.63) is 51.9 Å². The Morgan fingerprint density at radius 2 is 2.17 bits per heavy atom. The number of rotatable bonds is 3. The van der Waals surface area contributed by atoms with Crippen molar-refractivity contribution in [1.82, 2.24) is 4.98 Å². The molecule has 18 heavy (non-hydrogen) atoms. The average Bonchev–Trinajstić information content (AvgIpc) is 2.34. The van der Waals surface area contributed by atoms with Crippen LogP contribution in [0, 0.1) is 12.7 Å². The second kappa shape index (κ2) is 5.46. The van der Waals surface area contributed by atoms with E-state index in [-0.39, 0.29) is 12.5 Å². The molecule has 1 aromatic carbocycles. The van der Waals surface area contributed by atoms with Crippen LogP contribution in [0.25, 0.3) is 0 Å². The number of pyridine rings is 1. The first-order valence-corrected chi connectivity index (χ1v) is 6.08. The number of benzene rings is 1. The molecule has 1 N–H and O–H groups in total. The summed E-state index contributed by atoms with van der Waals surface area (Å²) < 4.78 is 19.5. The SMILES string of the molecule is Cc1cc(Br)ccc1Oc1ncc(F)cc1CO. The van der Waals surface area contributed by atoms with Gasteiger partial charge in [-0.2, -0.15) is 0 Å². The molecule has 0 aliphatic heterocycles. The van der Waals surface area contributed by atoms with Crippen LogP contribution in [0.15, 0.2) is 34.9 Å². The highest BCUT2D eigenvalue weighted by molar-refractivity contribution is 9.10. The molecule has 0 amide bonds. The molecule has 2 rings (SSSR count). The molecule has 0 spiro atoms. The molecular weight excluding hydrogens is 301 g/mol. The van der Waals surface area contributed by atoms with E-state index in [1.54, 1.807) is 6.07 Å². The molecule has 0 radical (unpaired) electrons. The number of hydrogen-bond acceptors (Lipinski definition) is 3. The van der Waals surface area contributed by atoms with Gasteiger partial charge in [-0.1, -0.05) is 15.9 Å². The molecule has 0 bridgehead atoms. The summed E-state index contributed by atoms with van der Waals surface area (Å²) in [6, 6.07) is 6.73. The van der Waals surface area contributed by atoms with E-state index in [0.717, 1.165) is 16.2 Å². The van der Waals surface area contributed by atoms with Gasteiger partial charge in [0.25, 0.3) is 0 Å². The highest BCUT2D eigenvalue weighted by atomic mass is 79.9. The Labute approximate surface area is 112 Å². The van der Waals surface area contributed by atoms with E-state index in [1.165, 1.54) is 6.07 Å². The van der Waals surface area contributed by atoms with Gasteiger partial charge in [0, 0.05) is 10.0 Å². The normalized spacial score (nSPS) is 10.4. The molecule has 1 heterocycles. The van der Waals surface area contributed by atoms with Crippen molar-refractivity contribution in [2.45, 2.75) is 13.5 Å². The maximum Gasteiger partial charge on any atom is 0.224 e. The molecule has 3 nitrogen and oxygen atoms in total. The number of halogens is 2. The third kappa shape index (κ3) is 2.86. The lowest BCUT2D eigenvalue weighted by atomic mass is 10.2. The first-order valence-electron chi connectivity index (χ1n) is 5.29. The molecule has 0 fully saturated rings. The van der Waals surface area contributed by atoms with Crippen LogP contribution in [0.1, 0.15) is 11.1 Å². The Balaban J connectivity index is 2.33. The minimum Gasteiger partial charge on any atom is -0.438 e. The first-order chi connectivity index (χ1) is 8.60. The van der Waals surface area contributed by atoms with E-state index in [1.807, 2.05) is 19.1 Å². The Bertz CT molecular complexity index is 575. The predicted molar refractivity (Wildman–Crippen MR) is 69.1 cm³/mol. The maximum absolute atomic E-state index is 13.0. The molecule has 5 heteroatoms. The van der Waals surface area contributed by atoms with Gasteiger partial charge in [-0.05, 0) is 36.8 Å². The van der Waals surface area contributed by atoms with Crippen molar-refractivity contribution in [3.63, 3.8) is 0 Å². The smallest absolute Gasteiger partial charge is 0.224 e. The molecule has 0 atom stereocenters. The fourth-order valence-electron chi connectivity index (χ4n) is 1.51. The van der Waals surface area contributed by atoms with Crippen LogP contribution in [0.2, 0.25) is 0 Å². The summed E-state index contributed by atoms with van der Waals surface area (Å²) in [6.45, 7) is 1.57. The Morgan fingerprint density at radius 3 is 2.83 bits per heavy atom. The zero-order valence-corrected chi connectivity index (χ0v) is 11.2. The van der Waals surface area contributed by atoms with Crippen molar-refractivity contribution >= 4 is 15.9 Å². The standard InChI is InChI=1S/C13H11BrFNO2/c1-8-4-10(14)2-3-12(8)18-13-9(7-17)5-11(15)6-16-13/h2-6,17H,7H2,1H3. The van der Waals surface area contributed by atoms with Crippen LogP contribution in [-0.2, 0) is 6.61 Å². The van der Waals surface area contributed by atoms with Gasteiger partial charge in [0.2, 0.25) is 5.88 Å². The summed E-state index contributed by atoms with van der Waals surface area (Å²) in [4.78, 5) is 3.84. The van der Waals surface area contributed by atoms with Crippen molar-refractivity contribution in [2.75, 3.05) is 0 Å². The number of ether oxygens (including phenoxy) is 1. The Morgan fingerprint density at radius 1 is 1.39 bits per heavy atom. The van der Waals surface area contributed by atoms with Crippen LogP contribution < -0.4 is 4.74 Å². The highest BCUT2D eigenvalue weighted by Crippen LogP contribution is 2.28. The average molecular weight is 312 g/mol. The molecule has 0 aliphatic carbocycles. The van der Waals surface area contributed by atoms with E-state index in [4.69, 9.17) is 9.84 Å². The number of aliphatic hydroxyl groups is 1.